The monoisotopic (exact) mass is 355 g/mol. The van der Waals surface area contributed by atoms with E-state index in [2.05, 4.69) is 15.3 Å². The molecule has 0 unspecified atom stereocenters. The summed E-state index contributed by atoms with van der Waals surface area (Å²) in [6.07, 6.45) is 1.94. The van der Waals surface area contributed by atoms with Crippen LogP contribution in [0.25, 0.3) is 0 Å². The highest BCUT2D eigenvalue weighted by molar-refractivity contribution is 7.94. The lowest BCUT2D eigenvalue weighted by molar-refractivity contribution is -0.133. The van der Waals surface area contributed by atoms with Gasteiger partial charge in [-0.3, -0.25) is 9.69 Å². The summed E-state index contributed by atoms with van der Waals surface area (Å²) in [6, 6.07) is 0. The predicted molar refractivity (Wildman–Crippen MR) is 89.7 cm³/mol. The molecule has 1 saturated heterocycles. The lowest BCUT2D eigenvalue weighted by atomic mass is 10.1. The smallest absolute Gasteiger partial charge is 0.223 e. The fourth-order valence-electron chi connectivity index (χ4n) is 2.99. The van der Waals surface area contributed by atoms with E-state index in [4.69, 9.17) is 0 Å². The Morgan fingerprint density at radius 3 is 2.65 bits per heavy atom. The molecule has 1 atom stereocenters. The zero-order valence-electron chi connectivity index (χ0n) is 13.1. The lowest BCUT2D eigenvalue weighted by Crippen LogP contribution is -2.48. The number of aryl methyl sites for hydroxylation is 1. The Labute approximate surface area is 140 Å². The van der Waals surface area contributed by atoms with Crippen molar-refractivity contribution < 1.29 is 13.2 Å². The van der Waals surface area contributed by atoms with Gasteiger partial charge in [-0.15, -0.1) is 11.3 Å². The van der Waals surface area contributed by atoms with Crippen LogP contribution in [0, 0.1) is 12.8 Å². The van der Waals surface area contributed by atoms with Gasteiger partial charge in [-0.2, -0.15) is 0 Å². The van der Waals surface area contributed by atoms with Crippen LogP contribution in [-0.4, -0.2) is 61.0 Å². The minimum Gasteiger partial charge on any atom is -0.340 e. The first-order valence-electron chi connectivity index (χ1n) is 7.73. The van der Waals surface area contributed by atoms with Gasteiger partial charge in [-0.1, -0.05) is 6.08 Å². The molecule has 0 radical (unpaired) electrons. The number of sulfone groups is 1. The van der Waals surface area contributed by atoms with E-state index in [1.807, 2.05) is 11.8 Å². The molecule has 23 heavy (non-hydrogen) atoms. The molecule has 6 nitrogen and oxygen atoms in total. The first-order valence-corrected chi connectivity index (χ1v) is 10.3. The second kappa shape index (κ2) is 6.70. The van der Waals surface area contributed by atoms with Gasteiger partial charge in [0.05, 0.1) is 16.5 Å². The van der Waals surface area contributed by atoms with Gasteiger partial charge in [0.1, 0.15) is 0 Å². The highest BCUT2D eigenvalue weighted by Crippen LogP contribution is 2.20. The van der Waals surface area contributed by atoms with Gasteiger partial charge >= 0.3 is 0 Å². The topological polar surface area (TPSA) is 70.6 Å². The second-order valence-corrected chi connectivity index (χ2v) is 9.13. The van der Waals surface area contributed by atoms with Gasteiger partial charge in [0.2, 0.25) is 5.91 Å². The van der Waals surface area contributed by atoms with Crippen LogP contribution >= 0.6 is 11.3 Å². The number of aromatic nitrogens is 1. The average Bonchev–Trinajstić information content (AvgIpc) is 3.05. The maximum Gasteiger partial charge on any atom is 0.223 e. The van der Waals surface area contributed by atoms with Crippen LogP contribution in [-0.2, 0) is 21.2 Å². The second-order valence-electron chi connectivity index (χ2n) is 6.14. The third-order valence-electron chi connectivity index (χ3n) is 4.22. The Hall–Kier alpha value is -1.25. The molecule has 0 saturated carbocycles. The Bertz CT molecular complexity index is 703. The number of amides is 1. The molecule has 2 aliphatic heterocycles. The number of piperazine rings is 1. The number of rotatable bonds is 4. The molecular formula is C15H21N3O3S2. The minimum absolute atomic E-state index is 0.0564. The van der Waals surface area contributed by atoms with E-state index >= 15 is 0 Å². The Morgan fingerprint density at radius 1 is 1.35 bits per heavy atom. The summed E-state index contributed by atoms with van der Waals surface area (Å²) in [6.45, 7) is 5.90. The molecule has 3 heterocycles. The summed E-state index contributed by atoms with van der Waals surface area (Å²) in [5.74, 6) is -0.0357. The van der Waals surface area contributed by atoms with E-state index in [0.717, 1.165) is 30.3 Å². The van der Waals surface area contributed by atoms with Crippen LogP contribution in [0.4, 0.5) is 0 Å². The minimum atomic E-state index is -3.08. The van der Waals surface area contributed by atoms with Crippen molar-refractivity contribution in [1.29, 1.82) is 0 Å². The van der Waals surface area contributed by atoms with Crippen molar-refractivity contribution in [2.75, 3.05) is 31.9 Å². The Balaban J connectivity index is 1.45. The maximum atomic E-state index is 12.3. The van der Waals surface area contributed by atoms with Gasteiger partial charge in [-0.05, 0) is 6.92 Å². The van der Waals surface area contributed by atoms with Crippen molar-refractivity contribution in [2.45, 2.75) is 19.9 Å². The SMILES string of the molecule is Cc1nc(CN2CCN(C(=O)C[C@H]3C=CS(=O)(=O)C3)CC2)cs1. The summed E-state index contributed by atoms with van der Waals surface area (Å²) < 4.78 is 22.8. The molecular weight excluding hydrogens is 334 g/mol. The molecule has 0 aliphatic carbocycles. The van der Waals surface area contributed by atoms with Crippen molar-refractivity contribution in [1.82, 2.24) is 14.8 Å². The number of carbonyl (C=O) groups is 1. The number of hydrogen-bond donors (Lipinski definition) is 0. The zero-order valence-corrected chi connectivity index (χ0v) is 14.8. The normalized spacial score (nSPS) is 24.2. The standard InChI is InChI=1S/C15H21N3O3S2/c1-12-16-14(10-22-12)9-17-3-5-18(6-4-17)15(19)8-13-2-7-23(20,21)11-13/h2,7,10,13H,3-6,8-9,11H2,1H3/t13-/m1/s1. The molecule has 8 heteroatoms. The molecule has 1 aromatic heterocycles. The van der Waals surface area contributed by atoms with Crippen LogP contribution in [0.5, 0.6) is 0 Å². The molecule has 0 bridgehead atoms. The zero-order chi connectivity index (χ0) is 16.4. The molecule has 1 aromatic rings. The van der Waals surface area contributed by atoms with Gasteiger partial charge in [0.25, 0.3) is 0 Å². The third kappa shape index (κ3) is 4.39. The molecule has 3 rings (SSSR count). The van der Waals surface area contributed by atoms with Gasteiger partial charge < -0.3 is 4.90 Å². The predicted octanol–water partition coefficient (Wildman–Crippen LogP) is 1.04. The molecule has 0 aromatic carbocycles. The van der Waals surface area contributed by atoms with E-state index in [0.29, 0.717) is 19.5 Å². The summed E-state index contributed by atoms with van der Waals surface area (Å²) in [5, 5.41) is 4.40. The summed E-state index contributed by atoms with van der Waals surface area (Å²) in [5.41, 5.74) is 1.09. The quantitative estimate of drug-likeness (QED) is 0.807. The largest absolute Gasteiger partial charge is 0.340 e. The Kier molecular flexibility index (Phi) is 4.84. The summed E-state index contributed by atoms with van der Waals surface area (Å²) in [4.78, 5) is 20.9. The number of thiazole rings is 1. The van der Waals surface area contributed by atoms with Gasteiger partial charge in [0.15, 0.2) is 9.84 Å². The number of hydrogen-bond acceptors (Lipinski definition) is 6. The number of carbonyl (C=O) groups excluding carboxylic acids is 1. The van der Waals surface area contributed by atoms with Gasteiger partial charge in [0, 0.05) is 55.9 Å². The van der Waals surface area contributed by atoms with E-state index in [1.165, 1.54) is 5.41 Å². The fraction of sp³-hybridized carbons (Fsp3) is 0.600. The van der Waals surface area contributed by atoms with E-state index in [-0.39, 0.29) is 17.6 Å². The first kappa shape index (κ1) is 16.6. The molecule has 1 fully saturated rings. The molecule has 0 spiro atoms. The van der Waals surface area contributed by atoms with Crippen LogP contribution in [0.3, 0.4) is 0 Å². The maximum absolute atomic E-state index is 12.3. The lowest BCUT2D eigenvalue weighted by Gasteiger charge is -2.34. The molecule has 2 aliphatic rings. The summed E-state index contributed by atoms with van der Waals surface area (Å²) in [7, 11) is -3.08. The van der Waals surface area contributed by atoms with Crippen LogP contribution in [0.15, 0.2) is 16.9 Å². The average molecular weight is 355 g/mol. The van der Waals surface area contributed by atoms with Crippen LogP contribution in [0.2, 0.25) is 0 Å². The molecule has 0 N–H and O–H groups in total. The number of allylic oxidation sites excluding steroid dienone is 1. The van der Waals surface area contributed by atoms with E-state index in [9.17, 15) is 13.2 Å². The van der Waals surface area contributed by atoms with E-state index in [1.54, 1.807) is 17.4 Å². The van der Waals surface area contributed by atoms with Gasteiger partial charge in [-0.25, -0.2) is 13.4 Å². The fourth-order valence-corrected chi connectivity index (χ4v) is 4.99. The van der Waals surface area contributed by atoms with Crippen LogP contribution in [0.1, 0.15) is 17.1 Å². The highest BCUT2D eigenvalue weighted by atomic mass is 32.2. The van der Waals surface area contributed by atoms with Crippen molar-refractivity contribution in [2.24, 2.45) is 5.92 Å². The van der Waals surface area contributed by atoms with Crippen molar-refractivity contribution in [3.05, 3.63) is 27.6 Å². The Morgan fingerprint density at radius 2 is 2.09 bits per heavy atom. The van der Waals surface area contributed by atoms with Crippen molar-refractivity contribution in [3.8, 4) is 0 Å². The third-order valence-corrected chi connectivity index (χ3v) is 6.51. The first-order chi connectivity index (χ1) is 10.9. The summed E-state index contributed by atoms with van der Waals surface area (Å²) >= 11 is 1.66. The molecule has 126 valence electrons. The highest BCUT2D eigenvalue weighted by Gasteiger charge is 2.27. The molecule has 1 amide bonds. The number of nitrogens with zero attached hydrogens (tertiary/aromatic N) is 3. The van der Waals surface area contributed by atoms with Crippen molar-refractivity contribution in [3.63, 3.8) is 0 Å². The van der Waals surface area contributed by atoms with Crippen LogP contribution < -0.4 is 0 Å². The van der Waals surface area contributed by atoms with E-state index < -0.39 is 9.84 Å². The van der Waals surface area contributed by atoms with Crippen molar-refractivity contribution >= 4 is 27.1 Å².